The summed E-state index contributed by atoms with van der Waals surface area (Å²) in [6.45, 7) is 5.41. The molecule has 0 aliphatic heterocycles. The fourth-order valence-corrected chi connectivity index (χ4v) is 0.370. The molecule has 0 aromatic heterocycles. The van der Waals surface area contributed by atoms with Gasteiger partial charge in [0.1, 0.15) is 6.29 Å². The predicted molar refractivity (Wildman–Crippen MR) is 48.0 cm³/mol. The van der Waals surface area contributed by atoms with Crippen molar-refractivity contribution in [1.82, 2.24) is 0 Å². The minimum absolute atomic E-state index is 0.222. The molecule has 0 heterocycles. The van der Waals surface area contributed by atoms with Crippen LogP contribution in [0.25, 0.3) is 0 Å². The van der Waals surface area contributed by atoms with Crippen LogP contribution >= 0.6 is 0 Å². The molecule has 3 heteroatoms. The van der Waals surface area contributed by atoms with Gasteiger partial charge in [-0.3, -0.25) is 9.59 Å². The molecular weight excluding hydrogens is 156 g/mol. The summed E-state index contributed by atoms with van der Waals surface area (Å²) in [5.41, 5.74) is 0.822. The standard InChI is InChI=1S/C6H10O.C3H6O2/c1-3-4-6(2)5-7;1-2-3(4)5/h4-5H,3H2,1-2H3;2H2,1H3,(H,4,5). The Hall–Kier alpha value is -1.12. The van der Waals surface area contributed by atoms with E-state index in [1.807, 2.05) is 13.0 Å². The second-order valence-corrected chi connectivity index (χ2v) is 2.22. The van der Waals surface area contributed by atoms with Gasteiger partial charge in [-0.15, -0.1) is 0 Å². The van der Waals surface area contributed by atoms with E-state index >= 15 is 0 Å². The lowest BCUT2D eigenvalue weighted by molar-refractivity contribution is -0.136. The number of aliphatic carboxylic acids is 1. The van der Waals surface area contributed by atoms with Crippen molar-refractivity contribution < 1.29 is 14.7 Å². The zero-order valence-electron chi connectivity index (χ0n) is 7.83. The number of aldehydes is 1. The number of hydrogen-bond acceptors (Lipinski definition) is 2. The SMILES string of the molecule is CCC(=O)O.CCC=C(C)C=O. The van der Waals surface area contributed by atoms with Gasteiger partial charge in [0, 0.05) is 6.42 Å². The van der Waals surface area contributed by atoms with Gasteiger partial charge in [0.25, 0.3) is 0 Å². The number of carbonyl (C=O) groups is 2. The van der Waals surface area contributed by atoms with Crippen molar-refractivity contribution in [3.63, 3.8) is 0 Å². The number of carbonyl (C=O) groups excluding carboxylic acids is 1. The molecule has 70 valence electrons. The van der Waals surface area contributed by atoms with Crippen LogP contribution in [0, 0.1) is 0 Å². The fourth-order valence-electron chi connectivity index (χ4n) is 0.370. The molecule has 0 fully saturated rings. The lowest BCUT2D eigenvalue weighted by atomic mass is 10.3. The van der Waals surface area contributed by atoms with Crippen LogP contribution in [0.3, 0.4) is 0 Å². The maximum Gasteiger partial charge on any atom is 0.303 e. The van der Waals surface area contributed by atoms with Gasteiger partial charge < -0.3 is 5.11 Å². The number of carboxylic acid groups (broad SMARTS) is 1. The Kier molecular flexibility index (Phi) is 11.1. The van der Waals surface area contributed by atoms with Crippen LogP contribution < -0.4 is 0 Å². The third-order valence-electron chi connectivity index (χ3n) is 1.01. The summed E-state index contributed by atoms with van der Waals surface area (Å²) in [6.07, 6.45) is 3.93. The van der Waals surface area contributed by atoms with Gasteiger partial charge in [-0.2, -0.15) is 0 Å². The van der Waals surface area contributed by atoms with Gasteiger partial charge in [0.05, 0.1) is 0 Å². The third kappa shape index (κ3) is 15.9. The molecule has 0 aliphatic rings. The van der Waals surface area contributed by atoms with Crippen molar-refractivity contribution >= 4 is 12.3 Å². The summed E-state index contributed by atoms with van der Waals surface area (Å²) >= 11 is 0. The predicted octanol–water partition coefficient (Wildman–Crippen LogP) is 2.02. The van der Waals surface area contributed by atoms with E-state index in [0.717, 1.165) is 18.3 Å². The lowest BCUT2D eigenvalue weighted by Gasteiger charge is -1.79. The molecule has 0 spiro atoms. The molecule has 1 N–H and O–H groups in total. The summed E-state index contributed by atoms with van der Waals surface area (Å²) in [4.78, 5) is 19.2. The van der Waals surface area contributed by atoms with Gasteiger partial charge in [-0.1, -0.05) is 19.9 Å². The van der Waals surface area contributed by atoms with E-state index in [1.54, 1.807) is 13.8 Å². The van der Waals surface area contributed by atoms with Gasteiger partial charge in [-0.05, 0) is 18.9 Å². The van der Waals surface area contributed by atoms with Gasteiger partial charge in [-0.25, -0.2) is 0 Å². The molecule has 0 amide bonds. The highest BCUT2D eigenvalue weighted by molar-refractivity contribution is 5.71. The average Bonchev–Trinajstić information content (AvgIpc) is 2.06. The van der Waals surface area contributed by atoms with Crippen LogP contribution in [0.2, 0.25) is 0 Å². The van der Waals surface area contributed by atoms with E-state index in [-0.39, 0.29) is 6.42 Å². The topological polar surface area (TPSA) is 54.4 Å². The fraction of sp³-hybridized carbons (Fsp3) is 0.556. The van der Waals surface area contributed by atoms with E-state index in [9.17, 15) is 9.59 Å². The van der Waals surface area contributed by atoms with E-state index in [1.165, 1.54) is 0 Å². The molecule has 0 saturated carbocycles. The summed E-state index contributed by atoms with van der Waals surface area (Å²) in [5.74, 6) is -0.745. The Labute approximate surface area is 73.1 Å². The second-order valence-electron chi connectivity index (χ2n) is 2.22. The first-order valence-electron chi connectivity index (χ1n) is 3.92. The quantitative estimate of drug-likeness (QED) is 0.523. The van der Waals surface area contributed by atoms with Crippen LogP contribution in [0.1, 0.15) is 33.6 Å². The molecule has 12 heavy (non-hydrogen) atoms. The first kappa shape index (κ1) is 13.5. The Bertz CT molecular complexity index is 159. The molecule has 0 radical (unpaired) electrons. The maximum atomic E-state index is 9.83. The molecule has 0 saturated heterocycles. The molecule has 0 bridgehead atoms. The van der Waals surface area contributed by atoms with Crippen molar-refractivity contribution in [1.29, 1.82) is 0 Å². The van der Waals surface area contributed by atoms with E-state index in [4.69, 9.17) is 5.11 Å². The summed E-state index contributed by atoms with van der Waals surface area (Å²) in [7, 11) is 0. The molecule has 0 aromatic rings. The number of carboxylic acids is 1. The van der Waals surface area contributed by atoms with Crippen molar-refractivity contribution in [2.45, 2.75) is 33.6 Å². The molecule has 0 aliphatic carbocycles. The highest BCUT2D eigenvalue weighted by atomic mass is 16.4. The minimum Gasteiger partial charge on any atom is -0.481 e. The van der Waals surface area contributed by atoms with Crippen LogP contribution in [0.5, 0.6) is 0 Å². The smallest absolute Gasteiger partial charge is 0.303 e. The highest BCUT2D eigenvalue weighted by Crippen LogP contribution is 1.87. The lowest BCUT2D eigenvalue weighted by Crippen LogP contribution is -1.86. The average molecular weight is 172 g/mol. The zero-order valence-corrected chi connectivity index (χ0v) is 7.83. The Morgan fingerprint density at radius 2 is 1.83 bits per heavy atom. The molecular formula is C9H16O3. The van der Waals surface area contributed by atoms with Crippen molar-refractivity contribution in [3.8, 4) is 0 Å². The van der Waals surface area contributed by atoms with E-state index in [0.29, 0.717) is 0 Å². The normalized spacial score (nSPS) is 9.75. The monoisotopic (exact) mass is 172 g/mol. The van der Waals surface area contributed by atoms with E-state index in [2.05, 4.69) is 0 Å². The van der Waals surface area contributed by atoms with E-state index < -0.39 is 5.97 Å². The van der Waals surface area contributed by atoms with Crippen LogP contribution in [0.4, 0.5) is 0 Å². The molecule has 0 aromatic carbocycles. The summed E-state index contributed by atoms with van der Waals surface area (Å²) in [5, 5.41) is 7.72. The number of allylic oxidation sites excluding steroid dienone is 2. The Balaban J connectivity index is 0. The first-order valence-corrected chi connectivity index (χ1v) is 3.92. The third-order valence-corrected chi connectivity index (χ3v) is 1.01. The number of rotatable bonds is 3. The minimum atomic E-state index is -0.745. The number of hydrogen-bond donors (Lipinski definition) is 1. The zero-order chi connectivity index (χ0) is 9.98. The second kappa shape index (κ2) is 9.88. The van der Waals surface area contributed by atoms with Crippen molar-refractivity contribution in [3.05, 3.63) is 11.6 Å². The van der Waals surface area contributed by atoms with Crippen LogP contribution in [-0.2, 0) is 9.59 Å². The van der Waals surface area contributed by atoms with Gasteiger partial charge in [0.15, 0.2) is 0 Å². The largest absolute Gasteiger partial charge is 0.481 e. The first-order chi connectivity index (χ1) is 5.58. The Morgan fingerprint density at radius 1 is 1.42 bits per heavy atom. The molecule has 0 unspecified atom stereocenters. The summed E-state index contributed by atoms with van der Waals surface area (Å²) in [6, 6.07) is 0. The summed E-state index contributed by atoms with van der Waals surface area (Å²) < 4.78 is 0. The Morgan fingerprint density at radius 3 is 1.92 bits per heavy atom. The van der Waals surface area contributed by atoms with Crippen LogP contribution in [-0.4, -0.2) is 17.4 Å². The molecule has 0 rings (SSSR count). The van der Waals surface area contributed by atoms with Gasteiger partial charge in [0.2, 0.25) is 0 Å². The highest BCUT2D eigenvalue weighted by Gasteiger charge is 1.80. The van der Waals surface area contributed by atoms with Crippen LogP contribution in [0.15, 0.2) is 11.6 Å². The van der Waals surface area contributed by atoms with Crippen molar-refractivity contribution in [2.75, 3.05) is 0 Å². The maximum absolute atomic E-state index is 9.83. The molecule has 0 atom stereocenters. The molecule has 3 nitrogen and oxygen atoms in total. The van der Waals surface area contributed by atoms with Gasteiger partial charge >= 0.3 is 5.97 Å². The van der Waals surface area contributed by atoms with Crippen molar-refractivity contribution in [2.24, 2.45) is 0 Å².